The van der Waals surface area contributed by atoms with Gasteiger partial charge in [0.1, 0.15) is 5.75 Å². The maximum Gasteiger partial charge on any atom is 0.243 e. The molecule has 0 unspecified atom stereocenters. The summed E-state index contributed by atoms with van der Waals surface area (Å²) in [6.45, 7) is 2.54. The average Bonchev–Trinajstić information content (AvgIpc) is 3.48. The topological polar surface area (TPSA) is 87.7 Å². The number of anilines is 1. The van der Waals surface area contributed by atoms with Crippen LogP contribution in [-0.2, 0) is 14.4 Å². The van der Waals surface area contributed by atoms with E-state index in [-0.39, 0.29) is 30.8 Å². The van der Waals surface area contributed by atoms with Crippen molar-refractivity contribution < 1.29 is 19.1 Å². The Hall–Kier alpha value is -2.57. The van der Waals surface area contributed by atoms with Crippen LogP contribution in [0.3, 0.4) is 0 Å². The molecule has 1 aromatic rings. The number of hydrogen-bond donors (Lipinski definition) is 2. The van der Waals surface area contributed by atoms with Gasteiger partial charge in [0, 0.05) is 18.7 Å². The Morgan fingerprint density at radius 1 is 1.15 bits per heavy atom. The zero-order chi connectivity index (χ0) is 19.6. The summed E-state index contributed by atoms with van der Waals surface area (Å²) in [6.07, 6.45) is 4.47. The molecule has 0 radical (unpaired) electrons. The van der Waals surface area contributed by atoms with Gasteiger partial charge in [-0.3, -0.25) is 14.4 Å². The number of nitrogens with zero attached hydrogens (tertiary/aromatic N) is 1. The molecular formula is C20H29N3O4. The molecule has 0 aliphatic heterocycles. The molecule has 3 amide bonds. The quantitative estimate of drug-likeness (QED) is 0.621. The summed E-state index contributed by atoms with van der Waals surface area (Å²) < 4.78 is 5.06. The lowest BCUT2D eigenvalue weighted by molar-refractivity contribution is -0.136. The van der Waals surface area contributed by atoms with Crippen LogP contribution in [0.4, 0.5) is 5.69 Å². The first-order chi connectivity index (χ1) is 13.0. The van der Waals surface area contributed by atoms with Crippen molar-refractivity contribution in [1.82, 2.24) is 10.2 Å². The molecule has 0 bridgehead atoms. The van der Waals surface area contributed by atoms with E-state index in [2.05, 4.69) is 10.6 Å². The fourth-order valence-electron chi connectivity index (χ4n) is 2.64. The number of nitrogens with one attached hydrogen (secondary N) is 2. The summed E-state index contributed by atoms with van der Waals surface area (Å²) >= 11 is 0. The molecule has 0 atom stereocenters. The minimum absolute atomic E-state index is 0.00879. The van der Waals surface area contributed by atoms with Gasteiger partial charge in [-0.25, -0.2) is 0 Å². The molecule has 1 aliphatic rings. The molecule has 0 saturated heterocycles. The Morgan fingerprint density at radius 2 is 1.85 bits per heavy atom. The van der Waals surface area contributed by atoms with Gasteiger partial charge in [0.05, 0.1) is 20.2 Å². The molecule has 0 heterocycles. The lowest BCUT2D eigenvalue weighted by Gasteiger charge is -2.22. The van der Waals surface area contributed by atoms with Crippen LogP contribution in [0.15, 0.2) is 24.3 Å². The van der Waals surface area contributed by atoms with E-state index >= 15 is 0 Å². The second kappa shape index (κ2) is 10.5. The summed E-state index contributed by atoms with van der Waals surface area (Å²) in [5.41, 5.74) is 0.625. The number of benzene rings is 1. The first-order valence-corrected chi connectivity index (χ1v) is 9.50. The molecule has 148 valence electrons. The Kier molecular flexibility index (Phi) is 8.10. The highest BCUT2D eigenvalue weighted by Crippen LogP contribution is 2.29. The Labute approximate surface area is 160 Å². The highest BCUT2D eigenvalue weighted by Gasteiger charge is 2.27. The van der Waals surface area contributed by atoms with Crippen LogP contribution in [0.5, 0.6) is 5.75 Å². The highest BCUT2D eigenvalue weighted by atomic mass is 16.5. The second-order valence-electron chi connectivity index (χ2n) is 6.87. The van der Waals surface area contributed by atoms with E-state index in [4.69, 9.17) is 4.74 Å². The number of carbonyl (C=O) groups excluding carboxylic acids is 3. The van der Waals surface area contributed by atoms with Crippen molar-refractivity contribution in [2.45, 2.75) is 39.0 Å². The van der Waals surface area contributed by atoms with Crippen LogP contribution >= 0.6 is 0 Å². The molecule has 7 nitrogen and oxygen atoms in total. The van der Waals surface area contributed by atoms with Gasteiger partial charge in [-0.05, 0) is 49.4 Å². The third kappa shape index (κ3) is 7.68. The average molecular weight is 375 g/mol. The maximum absolute atomic E-state index is 12.3. The van der Waals surface area contributed by atoms with E-state index in [1.807, 2.05) is 6.92 Å². The van der Waals surface area contributed by atoms with Crippen molar-refractivity contribution in [2.24, 2.45) is 5.92 Å². The molecule has 0 spiro atoms. The van der Waals surface area contributed by atoms with E-state index in [0.29, 0.717) is 30.3 Å². The molecule has 1 aromatic carbocycles. The molecular weight excluding hydrogens is 346 g/mol. The predicted octanol–water partition coefficient (Wildman–Crippen LogP) is 2.18. The third-order valence-electron chi connectivity index (χ3n) is 4.43. The predicted molar refractivity (Wildman–Crippen MR) is 103 cm³/mol. The Morgan fingerprint density at radius 3 is 2.44 bits per heavy atom. The van der Waals surface area contributed by atoms with E-state index in [9.17, 15) is 14.4 Å². The SMILES string of the molecule is CCCCC(=O)N(CC(=O)NCC(=O)Nc1ccc(OC)cc1)CC1CC1. The van der Waals surface area contributed by atoms with E-state index in [1.165, 1.54) is 0 Å². The lowest BCUT2D eigenvalue weighted by atomic mass is 10.2. The molecule has 1 fully saturated rings. The van der Waals surface area contributed by atoms with Gasteiger partial charge in [0.15, 0.2) is 0 Å². The number of carbonyl (C=O) groups is 3. The van der Waals surface area contributed by atoms with Crippen LogP contribution in [-0.4, -0.2) is 49.4 Å². The normalized spacial score (nSPS) is 13.0. The first-order valence-electron chi connectivity index (χ1n) is 9.50. The zero-order valence-electron chi connectivity index (χ0n) is 16.1. The maximum atomic E-state index is 12.3. The molecule has 0 aromatic heterocycles. The molecule has 7 heteroatoms. The lowest BCUT2D eigenvalue weighted by Crippen LogP contribution is -2.43. The molecule has 27 heavy (non-hydrogen) atoms. The van der Waals surface area contributed by atoms with Crippen molar-refractivity contribution >= 4 is 23.4 Å². The van der Waals surface area contributed by atoms with E-state index in [0.717, 1.165) is 25.7 Å². The summed E-state index contributed by atoms with van der Waals surface area (Å²) in [7, 11) is 1.57. The number of unbranched alkanes of at least 4 members (excludes halogenated alkanes) is 1. The summed E-state index contributed by atoms with van der Waals surface area (Å²) in [4.78, 5) is 38.1. The van der Waals surface area contributed by atoms with Gasteiger partial charge >= 0.3 is 0 Å². The van der Waals surface area contributed by atoms with Gasteiger partial charge in [0.2, 0.25) is 17.7 Å². The standard InChI is InChI=1S/C20H29N3O4/c1-3-4-5-20(26)23(13-15-6-7-15)14-19(25)21-12-18(24)22-16-8-10-17(27-2)11-9-16/h8-11,15H,3-7,12-14H2,1-2H3,(H,21,25)(H,22,24). The smallest absolute Gasteiger partial charge is 0.243 e. The summed E-state index contributed by atoms with van der Waals surface area (Å²) in [5.74, 6) is 0.595. The van der Waals surface area contributed by atoms with Crippen LogP contribution in [0.2, 0.25) is 0 Å². The van der Waals surface area contributed by atoms with Crippen LogP contribution in [0, 0.1) is 5.92 Å². The molecule has 2 rings (SSSR count). The van der Waals surface area contributed by atoms with Crippen LogP contribution in [0.1, 0.15) is 39.0 Å². The van der Waals surface area contributed by atoms with Gasteiger partial charge in [-0.15, -0.1) is 0 Å². The molecule has 1 aliphatic carbocycles. The number of rotatable bonds is 11. The monoisotopic (exact) mass is 375 g/mol. The van der Waals surface area contributed by atoms with Crippen LogP contribution < -0.4 is 15.4 Å². The van der Waals surface area contributed by atoms with Crippen molar-refractivity contribution in [2.75, 3.05) is 32.1 Å². The zero-order valence-corrected chi connectivity index (χ0v) is 16.1. The highest BCUT2D eigenvalue weighted by molar-refractivity contribution is 5.95. The number of methoxy groups -OCH3 is 1. The van der Waals surface area contributed by atoms with Crippen molar-refractivity contribution in [3.05, 3.63) is 24.3 Å². The minimum atomic E-state index is -0.320. The number of ether oxygens (including phenoxy) is 1. The summed E-state index contributed by atoms with van der Waals surface area (Å²) in [5, 5.41) is 5.30. The van der Waals surface area contributed by atoms with Crippen molar-refractivity contribution in [3.63, 3.8) is 0 Å². The van der Waals surface area contributed by atoms with Gasteiger partial charge in [-0.1, -0.05) is 13.3 Å². The first kappa shape index (κ1) is 20.7. The summed E-state index contributed by atoms with van der Waals surface area (Å²) in [6, 6.07) is 6.93. The van der Waals surface area contributed by atoms with E-state index < -0.39 is 0 Å². The van der Waals surface area contributed by atoms with Gasteiger partial charge < -0.3 is 20.3 Å². The van der Waals surface area contributed by atoms with Crippen molar-refractivity contribution in [3.8, 4) is 5.75 Å². The second-order valence-corrected chi connectivity index (χ2v) is 6.87. The van der Waals surface area contributed by atoms with Gasteiger partial charge in [-0.2, -0.15) is 0 Å². The van der Waals surface area contributed by atoms with Crippen LogP contribution in [0.25, 0.3) is 0 Å². The number of amides is 3. The fraction of sp³-hybridized carbons (Fsp3) is 0.550. The minimum Gasteiger partial charge on any atom is -0.497 e. The Balaban J connectivity index is 1.76. The van der Waals surface area contributed by atoms with Gasteiger partial charge in [0.25, 0.3) is 0 Å². The third-order valence-corrected chi connectivity index (χ3v) is 4.43. The molecule has 2 N–H and O–H groups in total. The number of hydrogen-bond acceptors (Lipinski definition) is 4. The Bertz CT molecular complexity index is 641. The van der Waals surface area contributed by atoms with E-state index in [1.54, 1.807) is 36.3 Å². The largest absolute Gasteiger partial charge is 0.497 e. The van der Waals surface area contributed by atoms with Crippen molar-refractivity contribution in [1.29, 1.82) is 0 Å². The fourth-order valence-corrected chi connectivity index (χ4v) is 2.64. The molecule has 1 saturated carbocycles.